The number of hydrogen-bond donors (Lipinski definition) is 1. The minimum atomic E-state index is -0.836. The summed E-state index contributed by atoms with van der Waals surface area (Å²) in [5.74, 6) is -0.913. The van der Waals surface area contributed by atoms with Crippen molar-refractivity contribution in [3.8, 4) is 0 Å². The number of hydrogen-bond acceptors (Lipinski definition) is 6. The predicted octanol–water partition coefficient (Wildman–Crippen LogP) is 1.20. The van der Waals surface area contributed by atoms with Crippen molar-refractivity contribution in [2.75, 3.05) is 12.4 Å². The minimum Gasteiger partial charge on any atom is -0.324 e. The number of nitrogens with one attached hydrogen (secondary N) is 1. The molecule has 134 valence electrons. The van der Waals surface area contributed by atoms with Gasteiger partial charge in [0.2, 0.25) is 0 Å². The Hall–Kier alpha value is -3.10. The van der Waals surface area contributed by atoms with Gasteiger partial charge in [-0.25, -0.2) is 4.68 Å². The Balaban J connectivity index is 1.64. The van der Waals surface area contributed by atoms with Crippen LogP contribution in [0.3, 0.4) is 0 Å². The van der Waals surface area contributed by atoms with Gasteiger partial charge in [0.05, 0.1) is 11.1 Å². The van der Waals surface area contributed by atoms with Crippen molar-refractivity contribution in [3.05, 3.63) is 35.7 Å². The van der Waals surface area contributed by atoms with Crippen LogP contribution in [0.2, 0.25) is 0 Å². The zero-order chi connectivity index (χ0) is 18.3. The van der Waals surface area contributed by atoms with Gasteiger partial charge in [0, 0.05) is 12.7 Å². The van der Waals surface area contributed by atoms with Crippen LogP contribution in [0.1, 0.15) is 52.8 Å². The average Bonchev–Trinajstić information content (AvgIpc) is 3.27. The number of imide groups is 1. The smallest absolute Gasteiger partial charge is 0.261 e. The van der Waals surface area contributed by atoms with E-state index in [1.54, 1.807) is 18.2 Å². The second-order valence-electron chi connectivity index (χ2n) is 6.73. The number of tetrazole rings is 1. The van der Waals surface area contributed by atoms with Gasteiger partial charge in [-0.2, -0.15) is 0 Å². The second-order valence-corrected chi connectivity index (χ2v) is 6.73. The molecule has 1 aromatic carbocycles. The van der Waals surface area contributed by atoms with Crippen molar-refractivity contribution in [1.29, 1.82) is 0 Å². The maximum atomic E-state index is 13.1. The van der Waals surface area contributed by atoms with Crippen molar-refractivity contribution in [1.82, 2.24) is 25.1 Å². The lowest BCUT2D eigenvalue weighted by Crippen LogP contribution is -2.47. The highest BCUT2D eigenvalue weighted by molar-refractivity contribution is 6.21. The van der Waals surface area contributed by atoms with Crippen molar-refractivity contribution in [2.45, 2.75) is 37.6 Å². The first-order chi connectivity index (χ1) is 12.5. The summed E-state index contributed by atoms with van der Waals surface area (Å²) in [5.41, 5.74) is 0.291. The molecule has 0 spiro atoms. The summed E-state index contributed by atoms with van der Waals surface area (Å²) < 4.78 is 1.53. The quantitative estimate of drug-likeness (QED) is 0.829. The lowest BCUT2D eigenvalue weighted by Gasteiger charge is -2.35. The van der Waals surface area contributed by atoms with Gasteiger partial charge in [-0.05, 0) is 41.5 Å². The highest BCUT2D eigenvalue weighted by Gasteiger charge is 2.43. The largest absolute Gasteiger partial charge is 0.324 e. The SMILES string of the molecule is CN1C(=O)c2ccc(NC(=O)C3(n4cnnn4)CCCCC3)cc2C1=O. The van der Waals surface area contributed by atoms with Gasteiger partial charge in [-0.1, -0.05) is 19.3 Å². The van der Waals surface area contributed by atoms with Crippen LogP contribution in [-0.2, 0) is 10.3 Å². The molecule has 1 saturated carbocycles. The predicted molar refractivity (Wildman–Crippen MR) is 90.4 cm³/mol. The van der Waals surface area contributed by atoms with Gasteiger partial charge in [-0.3, -0.25) is 19.3 Å². The lowest BCUT2D eigenvalue weighted by atomic mass is 9.81. The van der Waals surface area contributed by atoms with E-state index in [-0.39, 0.29) is 17.7 Å². The number of carbonyl (C=O) groups excluding carboxylic acids is 3. The lowest BCUT2D eigenvalue weighted by molar-refractivity contribution is -0.126. The molecule has 9 heteroatoms. The molecule has 0 unspecified atom stereocenters. The van der Waals surface area contributed by atoms with Gasteiger partial charge < -0.3 is 5.32 Å². The van der Waals surface area contributed by atoms with E-state index in [0.717, 1.165) is 24.2 Å². The molecule has 2 aliphatic rings. The number of nitrogens with zero attached hydrogens (tertiary/aromatic N) is 5. The Kier molecular flexibility index (Phi) is 3.78. The number of fused-ring (bicyclic) bond motifs is 1. The molecule has 1 fully saturated rings. The molecule has 4 rings (SSSR count). The zero-order valence-corrected chi connectivity index (χ0v) is 14.3. The van der Waals surface area contributed by atoms with Gasteiger partial charge in [0.25, 0.3) is 17.7 Å². The topological polar surface area (TPSA) is 110 Å². The first-order valence-electron chi connectivity index (χ1n) is 8.54. The molecule has 0 saturated heterocycles. The third-order valence-electron chi connectivity index (χ3n) is 5.24. The number of benzene rings is 1. The molecule has 1 aliphatic heterocycles. The van der Waals surface area contributed by atoms with Crippen LogP contribution in [0.25, 0.3) is 0 Å². The summed E-state index contributed by atoms with van der Waals surface area (Å²) in [5, 5.41) is 14.2. The van der Waals surface area contributed by atoms with Gasteiger partial charge in [0.15, 0.2) is 0 Å². The summed E-state index contributed by atoms with van der Waals surface area (Å²) in [6.07, 6.45) is 5.65. The number of anilines is 1. The zero-order valence-electron chi connectivity index (χ0n) is 14.3. The average molecular weight is 354 g/mol. The first-order valence-corrected chi connectivity index (χ1v) is 8.54. The molecule has 1 aliphatic carbocycles. The molecule has 1 aromatic heterocycles. The molecule has 0 atom stereocenters. The Morgan fingerprint density at radius 3 is 2.54 bits per heavy atom. The van der Waals surface area contributed by atoms with E-state index in [1.165, 1.54) is 18.1 Å². The number of aromatic nitrogens is 4. The monoisotopic (exact) mass is 354 g/mol. The molecule has 0 radical (unpaired) electrons. The Bertz CT molecular complexity index is 886. The molecule has 0 bridgehead atoms. The molecule has 3 amide bonds. The van der Waals surface area contributed by atoms with Gasteiger partial charge in [-0.15, -0.1) is 5.10 Å². The van der Waals surface area contributed by atoms with Crippen LogP contribution >= 0.6 is 0 Å². The van der Waals surface area contributed by atoms with Gasteiger partial charge >= 0.3 is 0 Å². The number of amides is 3. The third-order valence-corrected chi connectivity index (χ3v) is 5.24. The first kappa shape index (κ1) is 16.4. The van der Waals surface area contributed by atoms with Crippen LogP contribution in [0.4, 0.5) is 5.69 Å². The Morgan fingerprint density at radius 2 is 1.85 bits per heavy atom. The van der Waals surface area contributed by atoms with E-state index >= 15 is 0 Å². The fourth-order valence-corrected chi connectivity index (χ4v) is 3.74. The summed E-state index contributed by atoms with van der Waals surface area (Å²) in [6, 6.07) is 4.75. The van der Waals surface area contributed by atoms with Crippen LogP contribution in [0.15, 0.2) is 24.5 Å². The van der Waals surface area contributed by atoms with E-state index in [2.05, 4.69) is 20.8 Å². The van der Waals surface area contributed by atoms with Crippen molar-refractivity contribution >= 4 is 23.4 Å². The van der Waals surface area contributed by atoms with Crippen LogP contribution in [-0.4, -0.2) is 49.9 Å². The van der Waals surface area contributed by atoms with Crippen LogP contribution in [0, 0.1) is 0 Å². The van der Waals surface area contributed by atoms with Crippen LogP contribution in [0.5, 0.6) is 0 Å². The van der Waals surface area contributed by atoms with E-state index < -0.39 is 5.54 Å². The maximum Gasteiger partial charge on any atom is 0.261 e. The molecular formula is C17H18N6O3. The molecule has 26 heavy (non-hydrogen) atoms. The molecule has 1 N–H and O–H groups in total. The standard InChI is InChI=1S/C17H18N6O3/c1-22-14(24)12-6-5-11(9-13(12)15(22)25)19-16(26)17(7-3-2-4-8-17)23-10-18-20-21-23/h5-6,9-10H,2-4,7-8H2,1H3,(H,19,26). The molecular weight excluding hydrogens is 336 g/mol. The van der Waals surface area contributed by atoms with Gasteiger partial charge in [0.1, 0.15) is 11.9 Å². The Morgan fingerprint density at radius 1 is 1.12 bits per heavy atom. The second kappa shape index (κ2) is 6.01. The highest BCUT2D eigenvalue weighted by atomic mass is 16.2. The molecule has 2 aromatic rings. The molecule has 9 nitrogen and oxygen atoms in total. The van der Waals surface area contributed by atoms with E-state index in [9.17, 15) is 14.4 Å². The normalized spacial score (nSPS) is 18.7. The summed E-state index contributed by atoms with van der Waals surface area (Å²) >= 11 is 0. The third kappa shape index (κ3) is 2.39. The van der Waals surface area contributed by atoms with Crippen LogP contribution < -0.4 is 5.32 Å². The van der Waals surface area contributed by atoms with E-state index in [0.29, 0.717) is 29.7 Å². The fourth-order valence-electron chi connectivity index (χ4n) is 3.74. The number of carbonyl (C=O) groups is 3. The summed E-state index contributed by atoms with van der Waals surface area (Å²) in [7, 11) is 1.44. The summed E-state index contributed by atoms with van der Waals surface area (Å²) in [4.78, 5) is 38.3. The van der Waals surface area contributed by atoms with Crippen molar-refractivity contribution in [2.24, 2.45) is 0 Å². The molecule has 2 heterocycles. The Labute approximate surface area is 149 Å². The highest BCUT2D eigenvalue weighted by Crippen LogP contribution is 2.35. The van der Waals surface area contributed by atoms with E-state index in [1.807, 2.05) is 0 Å². The summed E-state index contributed by atoms with van der Waals surface area (Å²) in [6.45, 7) is 0. The van der Waals surface area contributed by atoms with Crippen molar-refractivity contribution in [3.63, 3.8) is 0 Å². The van der Waals surface area contributed by atoms with E-state index in [4.69, 9.17) is 0 Å². The maximum absolute atomic E-state index is 13.1. The van der Waals surface area contributed by atoms with Crippen molar-refractivity contribution < 1.29 is 14.4 Å². The minimum absolute atomic E-state index is 0.213. The number of rotatable bonds is 3. The fraction of sp³-hybridized carbons (Fsp3) is 0.412.